The van der Waals surface area contributed by atoms with E-state index >= 15 is 0 Å². The van der Waals surface area contributed by atoms with E-state index < -0.39 is 5.97 Å². The number of piperidine rings is 2. The molecule has 2 N–H and O–H groups in total. The largest absolute Gasteiger partial charge is 0.481 e. The van der Waals surface area contributed by atoms with Crippen molar-refractivity contribution in [2.24, 2.45) is 5.92 Å². The summed E-state index contributed by atoms with van der Waals surface area (Å²) >= 11 is 0. The molecule has 2 saturated heterocycles. The van der Waals surface area contributed by atoms with Crippen LogP contribution in [-0.4, -0.2) is 66.2 Å². The van der Waals surface area contributed by atoms with Crippen molar-refractivity contribution in [3.8, 4) is 0 Å². The fraction of sp³-hybridized carbons (Fsp3) is 0.867. The zero-order valence-electron chi connectivity index (χ0n) is 12.9. The molecule has 120 valence electrons. The van der Waals surface area contributed by atoms with Crippen LogP contribution in [0.2, 0.25) is 0 Å². The molecule has 0 aliphatic carbocycles. The fourth-order valence-electron chi connectivity index (χ4n) is 3.38. The van der Waals surface area contributed by atoms with Gasteiger partial charge in [0.25, 0.3) is 0 Å². The molecular weight excluding hydrogens is 270 g/mol. The summed E-state index contributed by atoms with van der Waals surface area (Å²) in [4.78, 5) is 27.1. The van der Waals surface area contributed by atoms with E-state index in [0.717, 1.165) is 45.3 Å². The Morgan fingerprint density at radius 2 is 2.00 bits per heavy atom. The third kappa shape index (κ3) is 4.59. The van der Waals surface area contributed by atoms with E-state index in [1.165, 1.54) is 0 Å². The Kier molecular flexibility index (Phi) is 5.85. The molecule has 0 bridgehead atoms. The molecule has 0 radical (unpaired) electrons. The lowest BCUT2D eigenvalue weighted by Gasteiger charge is -2.39. The molecule has 0 aromatic carbocycles. The van der Waals surface area contributed by atoms with Crippen LogP contribution >= 0.6 is 0 Å². The third-order valence-corrected chi connectivity index (χ3v) is 4.71. The van der Waals surface area contributed by atoms with Crippen LogP contribution in [0.15, 0.2) is 0 Å². The second-order valence-electron chi connectivity index (χ2n) is 6.26. The second kappa shape index (κ2) is 7.64. The minimum atomic E-state index is -0.745. The normalized spacial score (nSPS) is 23.9. The Bertz CT molecular complexity index is 369. The van der Waals surface area contributed by atoms with Gasteiger partial charge in [0.15, 0.2) is 0 Å². The summed E-state index contributed by atoms with van der Waals surface area (Å²) in [5.74, 6) is -0.412. The van der Waals surface area contributed by atoms with Crippen molar-refractivity contribution in [3.63, 3.8) is 0 Å². The van der Waals surface area contributed by atoms with Crippen molar-refractivity contribution in [1.29, 1.82) is 0 Å². The SMILES string of the molecule is CN(C(=O)N1CCCC(CCC(=O)O)C1)C1CCNCC1. The number of nitrogens with zero attached hydrogens (tertiary/aromatic N) is 2. The lowest BCUT2D eigenvalue weighted by atomic mass is 9.93. The van der Waals surface area contributed by atoms with Crippen LogP contribution in [-0.2, 0) is 4.79 Å². The molecule has 2 rings (SSSR count). The van der Waals surface area contributed by atoms with Gasteiger partial charge < -0.3 is 20.2 Å². The number of hydrogen-bond acceptors (Lipinski definition) is 3. The molecule has 0 aromatic heterocycles. The Labute approximate surface area is 126 Å². The molecule has 21 heavy (non-hydrogen) atoms. The molecule has 2 aliphatic rings. The van der Waals surface area contributed by atoms with E-state index in [9.17, 15) is 9.59 Å². The van der Waals surface area contributed by atoms with Gasteiger partial charge >= 0.3 is 12.0 Å². The van der Waals surface area contributed by atoms with Crippen LogP contribution in [0.1, 0.15) is 38.5 Å². The van der Waals surface area contributed by atoms with Crippen LogP contribution in [0, 0.1) is 5.92 Å². The molecule has 2 amide bonds. The zero-order chi connectivity index (χ0) is 15.2. The number of nitrogens with one attached hydrogen (secondary N) is 1. The highest BCUT2D eigenvalue weighted by Crippen LogP contribution is 2.23. The number of amides is 2. The first-order chi connectivity index (χ1) is 10.1. The molecule has 2 fully saturated rings. The predicted octanol–water partition coefficient (Wildman–Crippen LogP) is 1.37. The van der Waals surface area contributed by atoms with Crippen LogP contribution < -0.4 is 5.32 Å². The lowest BCUT2D eigenvalue weighted by Crippen LogP contribution is -2.51. The number of rotatable bonds is 4. The van der Waals surface area contributed by atoms with Gasteiger partial charge in [0.1, 0.15) is 0 Å². The lowest BCUT2D eigenvalue weighted by molar-refractivity contribution is -0.137. The molecule has 0 aromatic rings. The van der Waals surface area contributed by atoms with Gasteiger partial charge in [0.05, 0.1) is 0 Å². The first-order valence-corrected chi connectivity index (χ1v) is 8.02. The number of carboxylic acid groups (broad SMARTS) is 1. The summed E-state index contributed by atoms with van der Waals surface area (Å²) < 4.78 is 0. The van der Waals surface area contributed by atoms with Gasteiger partial charge in [-0.2, -0.15) is 0 Å². The standard InChI is InChI=1S/C15H27N3O3/c1-17(13-6-8-16-9-7-13)15(21)18-10-2-3-12(11-18)4-5-14(19)20/h12-13,16H,2-11H2,1H3,(H,19,20). The molecule has 6 heteroatoms. The first-order valence-electron chi connectivity index (χ1n) is 8.02. The third-order valence-electron chi connectivity index (χ3n) is 4.71. The Hall–Kier alpha value is -1.30. The number of urea groups is 1. The van der Waals surface area contributed by atoms with Crippen molar-refractivity contribution < 1.29 is 14.7 Å². The van der Waals surface area contributed by atoms with Crippen molar-refractivity contribution in [2.75, 3.05) is 33.2 Å². The number of carbonyl (C=O) groups is 2. The highest BCUT2D eigenvalue weighted by atomic mass is 16.4. The smallest absolute Gasteiger partial charge is 0.320 e. The Balaban J connectivity index is 1.84. The second-order valence-corrected chi connectivity index (χ2v) is 6.26. The Morgan fingerprint density at radius 1 is 1.29 bits per heavy atom. The summed E-state index contributed by atoms with van der Waals surface area (Å²) in [6.45, 7) is 3.46. The average Bonchev–Trinajstić information content (AvgIpc) is 2.52. The van der Waals surface area contributed by atoms with E-state index in [0.29, 0.717) is 24.9 Å². The summed E-state index contributed by atoms with van der Waals surface area (Å²) in [6.07, 6.45) is 4.92. The maximum absolute atomic E-state index is 12.6. The minimum Gasteiger partial charge on any atom is -0.481 e. The number of likely N-dealkylation sites (tertiary alicyclic amines) is 1. The minimum absolute atomic E-state index is 0.113. The van der Waals surface area contributed by atoms with Crippen LogP contribution in [0.25, 0.3) is 0 Å². The summed E-state index contributed by atoms with van der Waals surface area (Å²) in [6, 6.07) is 0.445. The highest BCUT2D eigenvalue weighted by molar-refractivity contribution is 5.74. The van der Waals surface area contributed by atoms with Gasteiger partial charge in [0.2, 0.25) is 0 Å². The van der Waals surface area contributed by atoms with Crippen molar-refractivity contribution in [3.05, 3.63) is 0 Å². The van der Waals surface area contributed by atoms with Gasteiger partial charge in [0, 0.05) is 32.6 Å². The first kappa shape index (κ1) is 16.1. The molecule has 1 unspecified atom stereocenters. The molecular formula is C15H27N3O3. The number of carboxylic acids is 1. The van der Waals surface area contributed by atoms with Crippen LogP contribution in [0.5, 0.6) is 0 Å². The van der Waals surface area contributed by atoms with Gasteiger partial charge in [-0.1, -0.05) is 0 Å². The maximum Gasteiger partial charge on any atom is 0.320 e. The van der Waals surface area contributed by atoms with Gasteiger partial charge in [-0.3, -0.25) is 4.79 Å². The molecule has 2 aliphatic heterocycles. The molecule has 2 heterocycles. The van der Waals surface area contributed by atoms with E-state index in [1.807, 2.05) is 16.8 Å². The number of carbonyl (C=O) groups excluding carboxylic acids is 1. The van der Waals surface area contributed by atoms with Crippen molar-refractivity contribution in [2.45, 2.75) is 44.6 Å². The van der Waals surface area contributed by atoms with Gasteiger partial charge in [-0.15, -0.1) is 0 Å². The molecule has 1 atom stereocenters. The van der Waals surface area contributed by atoms with E-state index in [-0.39, 0.29) is 12.5 Å². The predicted molar refractivity (Wildman–Crippen MR) is 80.2 cm³/mol. The fourth-order valence-corrected chi connectivity index (χ4v) is 3.38. The van der Waals surface area contributed by atoms with Crippen LogP contribution in [0.4, 0.5) is 4.79 Å². The van der Waals surface area contributed by atoms with Crippen molar-refractivity contribution in [1.82, 2.24) is 15.1 Å². The molecule has 6 nitrogen and oxygen atoms in total. The zero-order valence-corrected chi connectivity index (χ0v) is 12.9. The summed E-state index contributed by atoms with van der Waals surface area (Å²) in [5.41, 5.74) is 0. The van der Waals surface area contributed by atoms with Gasteiger partial charge in [-0.05, 0) is 51.1 Å². The highest BCUT2D eigenvalue weighted by Gasteiger charge is 2.29. The van der Waals surface area contributed by atoms with E-state index in [2.05, 4.69) is 5.32 Å². The summed E-state index contributed by atoms with van der Waals surface area (Å²) in [5, 5.41) is 12.1. The Morgan fingerprint density at radius 3 is 2.67 bits per heavy atom. The van der Waals surface area contributed by atoms with E-state index in [4.69, 9.17) is 5.11 Å². The van der Waals surface area contributed by atoms with Gasteiger partial charge in [-0.25, -0.2) is 4.79 Å². The van der Waals surface area contributed by atoms with E-state index in [1.54, 1.807) is 0 Å². The quantitative estimate of drug-likeness (QED) is 0.822. The average molecular weight is 297 g/mol. The molecule has 0 spiro atoms. The molecule has 0 saturated carbocycles. The monoisotopic (exact) mass is 297 g/mol. The van der Waals surface area contributed by atoms with Crippen molar-refractivity contribution >= 4 is 12.0 Å². The topological polar surface area (TPSA) is 72.9 Å². The number of hydrogen-bond donors (Lipinski definition) is 2. The number of aliphatic carboxylic acids is 1. The maximum atomic E-state index is 12.6. The van der Waals surface area contributed by atoms with Crippen LogP contribution in [0.3, 0.4) is 0 Å². The summed E-state index contributed by atoms with van der Waals surface area (Å²) in [7, 11) is 1.90.